The zero-order valence-corrected chi connectivity index (χ0v) is 48.1. The Balaban J connectivity index is 0.000000210. The zero-order valence-electron chi connectivity index (χ0n) is 45.0. The number of ether oxygens (including phenoxy) is 1. The number of hydrogen-bond acceptors (Lipinski definition) is 9. The third kappa shape index (κ3) is 18.1. The molecule has 0 bridgehead atoms. The lowest BCUT2D eigenvalue weighted by Crippen LogP contribution is -2.40. The average molecular weight is 1150 g/mol. The van der Waals surface area contributed by atoms with Crippen LogP contribution in [-0.4, -0.2) is 128 Å². The number of likely N-dealkylation sites (tertiary alicyclic amines) is 2. The number of sulfone groups is 1. The van der Waals surface area contributed by atoms with Gasteiger partial charge in [-0.25, -0.2) is 26.4 Å². The second kappa shape index (κ2) is 29.1. The molecule has 0 spiro atoms. The van der Waals surface area contributed by atoms with Crippen LogP contribution in [0, 0.1) is 11.8 Å². The van der Waals surface area contributed by atoms with E-state index in [-0.39, 0.29) is 12.1 Å². The molecular formula is C61H73Cl2N7O7S2. The fraction of sp³-hybridized carbons (Fsp3) is 0.377. The Kier molecular flexibility index (Phi) is 21.8. The molecule has 0 aromatic heterocycles. The van der Waals surface area contributed by atoms with E-state index in [0.717, 1.165) is 102 Å². The first-order chi connectivity index (χ1) is 38.2. The number of piperidine rings is 2. The van der Waals surface area contributed by atoms with Crippen LogP contribution < -0.4 is 20.4 Å². The summed E-state index contributed by atoms with van der Waals surface area (Å²) in [4.78, 5) is 35.6. The van der Waals surface area contributed by atoms with Crippen LogP contribution in [0.3, 0.4) is 0 Å². The standard InChI is InChI=1S/C32H39ClN4O4S.C29H34ClN3O3S/c33-28-9-11-29(12-10-28)34-32(38)37(30-5-2-1-3-6-30)18-4-17-35-19-15-27(16-20-35)25-26-7-13-31(14-8-26)42(39,40)36-21-23-41-24-22-36;1-37(35,36)28-14-8-23(9-15-28)22-24-16-20-32(21-17-24)18-5-19-33(27-6-3-2-4-7-27)29(34)31-26-12-10-25(30)11-13-26/h1-3,5-14,27H,4,15-25H2,(H,34,38);2-4,6-15,24H,5,16-22H2,1H3,(H,31,34). The first kappa shape index (κ1) is 59.3. The van der Waals surface area contributed by atoms with Gasteiger partial charge in [0, 0.05) is 65.2 Å². The van der Waals surface area contributed by atoms with Crippen LogP contribution in [0.1, 0.15) is 49.7 Å². The third-order valence-corrected chi connectivity index (χ3v) is 18.4. The van der Waals surface area contributed by atoms with Crippen LogP contribution in [-0.2, 0) is 37.4 Å². The van der Waals surface area contributed by atoms with Crippen LogP contribution in [0.15, 0.2) is 168 Å². The van der Waals surface area contributed by atoms with Crippen molar-refractivity contribution in [3.63, 3.8) is 0 Å². The maximum atomic E-state index is 13.2. The van der Waals surface area contributed by atoms with Crippen molar-refractivity contribution in [1.82, 2.24) is 14.1 Å². The molecule has 9 rings (SSSR count). The minimum atomic E-state index is -3.46. The maximum Gasteiger partial charge on any atom is 0.326 e. The van der Waals surface area contributed by atoms with Gasteiger partial charge in [0.25, 0.3) is 0 Å². The molecule has 0 unspecified atom stereocenters. The summed E-state index contributed by atoms with van der Waals surface area (Å²) < 4.78 is 55.9. The molecule has 3 aliphatic rings. The molecule has 420 valence electrons. The summed E-state index contributed by atoms with van der Waals surface area (Å²) in [5, 5.41) is 7.23. The van der Waals surface area contributed by atoms with Crippen molar-refractivity contribution >= 4 is 77.9 Å². The number of hydrogen-bond donors (Lipinski definition) is 2. The molecule has 0 radical (unpaired) electrons. The number of urea groups is 2. The fourth-order valence-electron chi connectivity index (χ4n) is 10.4. The molecule has 3 fully saturated rings. The summed E-state index contributed by atoms with van der Waals surface area (Å²) >= 11 is 12.0. The van der Waals surface area contributed by atoms with E-state index in [1.54, 1.807) is 82.6 Å². The largest absolute Gasteiger partial charge is 0.379 e. The highest BCUT2D eigenvalue weighted by molar-refractivity contribution is 7.90. The molecule has 2 N–H and O–H groups in total. The van der Waals surface area contributed by atoms with Crippen molar-refractivity contribution in [3.8, 4) is 0 Å². The van der Waals surface area contributed by atoms with Crippen molar-refractivity contribution in [2.75, 3.05) is 105 Å². The highest BCUT2D eigenvalue weighted by atomic mass is 35.5. The number of nitrogens with zero attached hydrogens (tertiary/aromatic N) is 5. The number of carbonyl (C=O) groups excluding carboxylic acids is 2. The topological polar surface area (TPSA) is 152 Å². The van der Waals surface area contributed by atoms with Gasteiger partial charge in [0.1, 0.15) is 0 Å². The summed E-state index contributed by atoms with van der Waals surface area (Å²) in [6.45, 7) is 8.93. The van der Waals surface area contributed by atoms with Gasteiger partial charge in [-0.15, -0.1) is 0 Å². The minimum absolute atomic E-state index is 0.158. The number of sulfonamides is 1. The molecule has 0 aliphatic carbocycles. The van der Waals surface area contributed by atoms with Crippen molar-refractivity contribution in [2.45, 2.75) is 61.2 Å². The summed E-state index contributed by atoms with van der Waals surface area (Å²) in [6.07, 6.45) is 9.36. The highest BCUT2D eigenvalue weighted by Crippen LogP contribution is 2.27. The summed E-state index contributed by atoms with van der Waals surface area (Å²) in [7, 11) is -6.62. The monoisotopic (exact) mass is 1150 g/mol. The number of morpholine rings is 1. The Morgan fingerprint density at radius 2 is 0.899 bits per heavy atom. The van der Waals surface area contributed by atoms with E-state index in [9.17, 15) is 26.4 Å². The zero-order chi connectivity index (χ0) is 55.6. The Bertz CT molecular complexity index is 3070. The number of anilines is 4. The third-order valence-electron chi connectivity index (χ3n) is 14.9. The van der Waals surface area contributed by atoms with Gasteiger partial charge >= 0.3 is 12.1 Å². The smallest absolute Gasteiger partial charge is 0.326 e. The van der Waals surface area contributed by atoms with Gasteiger partial charge in [0.15, 0.2) is 9.84 Å². The van der Waals surface area contributed by atoms with E-state index in [0.29, 0.717) is 82.4 Å². The molecule has 0 atom stereocenters. The summed E-state index contributed by atoms with van der Waals surface area (Å²) in [5.41, 5.74) is 5.53. The Morgan fingerprint density at radius 3 is 1.28 bits per heavy atom. The van der Waals surface area contributed by atoms with Gasteiger partial charge in [-0.3, -0.25) is 9.80 Å². The second-order valence-electron chi connectivity index (χ2n) is 20.6. The molecule has 3 heterocycles. The van der Waals surface area contributed by atoms with Crippen LogP contribution in [0.2, 0.25) is 10.0 Å². The number of benzene rings is 6. The molecule has 18 heteroatoms. The molecule has 6 aromatic carbocycles. The van der Waals surface area contributed by atoms with E-state index < -0.39 is 19.9 Å². The number of amides is 4. The quantitative estimate of drug-likeness (QED) is 0.0807. The van der Waals surface area contributed by atoms with Crippen LogP contribution in [0.25, 0.3) is 0 Å². The molecule has 3 saturated heterocycles. The molecule has 79 heavy (non-hydrogen) atoms. The van der Waals surface area contributed by atoms with Crippen LogP contribution in [0.4, 0.5) is 32.3 Å². The summed E-state index contributed by atoms with van der Waals surface area (Å²) in [5.74, 6) is 1.18. The van der Waals surface area contributed by atoms with Crippen molar-refractivity contribution in [2.24, 2.45) is 11.8 Å². The van der Waals surface area contributed by atoms with E-state index in [4.69, 9.17) is 27.9 Å². The second-order valence-corrected chi connectivity index (χ2v) is 25.4. The first-order valence-electron chi connectivity index (χ1n) is 27.3. The predicted octanol–water partition coefficient (Wildman–Crippen LogP) is 11.9. The number of rotatable bonds is 19. The van der Waals surface area contributed by atoms with E-state index in [1.807, 2.05) is 84.9 Å². The molecule has 4 amide bonds. The Labute approximate surface area is 477 Å². The van der Waals surface area contributed by atoms with E-state index >= 15 is 0 Å². The molecule has 14 nitrogen and oxygen atoms in total. The molecule has 3 aliphatic heterocycles. The highest BCUT2D eigenvalue weighted by Gasteiger charge is 2.27. The van der Waals surface area contributed by atoms with E-state index in [2.05, 4.69) is 20.4 Å². The molecular weight excluding hydrogens is 1080 g/mol. The Hall–Kier alpha value is -5.82. The number of para-hydroxylation sites is 2. The SMILES string of the molecule is CS(=O)(=O)c1ccc(CC2CCN(CCCN(C(=O)Nc3ccc(Cl)cc3)c3ccccc3)CC2)cc1.O=C(Nc1ccc(Cl)cc1)N(CCCN1CCC(Cc2ccc(S(=O)(=O)N3CCOCC3)cc2)CC1)c1ccccc1. The van der Waals surface area contributed by atoms with Crippen LogP contribution in [0.5, 0.6) is 0 Å². The predicted molar refractivity (Wildman–Crippen MR) is 319 cm³/mol. The van der Waals surface area contributed by atoms with Gasteiger partial charge in [-0.1, -0.05) is 83.9 Å². The molecule has 6 aromatic rings. The van der Waals surface area contributed by atoms with Gasteiger partial charge < -0.3 is 25.2 Å². The van der Waals surface area contributed by atoms with Gasteiger partial charge in [0.05, 0.1) is 23.0 Å². The minimum Gasteiger partial charge on any atom is -0.379 e. The lowest BCUT2D eigenvalue weighted by Gasteiger charge is -2.32. The lowest BCUT2D eigenvalue weighted by molar-refractivity contribution is 0.0730. The molecule has 0 saturated carbocycles. The lowest BCUT2D eigenvalue weighted by atomic mass is 9.90. The first-order valence-corrected chi connectivity index (χ1v) is 31.4. The maximum absolute atomic E-state index is 13.2. The average Bonchev–Trinajstić information content (AvgIpc) is 3.47. The van der Waals surface area contributed by atoms with Crippen molar-refractivity contribution < 1.29 is 31.2 Å². The van der Waals surface area contributed by atoms with Gasteiger partial charge in [-0.05, 0) is 211 Å². The Morgan fingerprint density at radius 1 is 0.519 bits per heavy atom. The van der Waals surface area contributed by atoms with Crippen molar-refractivity contribution in [3.05, 3.63) is 179 Å². The normalized spacial score (nSPS) is 16.1. The summed E-state index contributed by atoms with van der Waals surface area (Å²) in [6, 6.07) is 48.1. The van der Waals surface area contributed by atoms with Crippen molar-refractivity contribution in [1.29, 1.82) is 0 Å². The number of carbonyl (C=O) groups is 2. The van der Waals surface area contributed by atoms with Gasteiger partial charge in [0.2, 0.25) is 10.0 Å². The van der Waals surface area contributed by atoms with Crippen LogP contribution >= 0.6 is 23.2 Å². The van der Waals surface area contributed by atoms with E-state index in [1.165, 1.54) is 21.7 Å². The number of halogens is 2. The van der Waals surface area contributed by atoms with Gasteiger partial charge in [-0.2, -0.15) is 4.31 Å². The number of nitrogens with one attached hydrogen (secondary N) is 2. The fourth-order valence-corrected chi connectivity index (χ4v) is 12.7.